The molecule has 102 valence electrons. The average molecular weight is 294 g/mol. The number of nitrogens with zero attached hydrogens (tertiary/aromatic N) is 2. The first-order valence-corrected chi connectivity index (χ1v) is 7.37. The summed E-state index contributed by atoms with van der Waals surface area (Å²) in [6, 6.07) is 0. The third-order valence-corrected chi connectivity index (χ3v) is 3.58. The van der Waals surface area contributed by atoms with Gasteiger partial charge in [-0.25, -0.2) is 23.1 Å². The fraction of sp³-hybridized carbons (Fsp3) is 0.600. The van der Waals surface area contributed by atoms with E-state index in [1.165, 1.54) is 12.4 Å². The average Bonchev–Trinajstić information content (AvgIpc) is 2.28. The molecule has 1 aromatic rings. The van der Waals surface area contributed by atoms with Crippen molar-refractivity contribution in [1.29, 1.82) is 0 Å². The lowest BCUT2D eigenvalue weighted by Crippen LogP contribution is -2.26. The molecule has 1 heterocycles. The Bertz CT molecular complexity index is 462. The van der Waals surface area contributed by atoms with E-state index in [0.29, 0.717) is 19.6 Å². The molecule has 0 aromatic carbocycles. The van der Waals surface area contributed by atoms with Crippen LogP contribution in [0.25, 0.3) is 0 Å². The van der Waals surface area contributed by atoms with Crippen molar-refractivity contribution >= 4 is 21.6 Å². The van der Waals surface area contributed by atoms with E-state index in [0.717, 1.165) is 0 Å². The molecule has 0 spiro atoms. The molecule has 0 saturated carbocycles. The van der Waals surface area contributed by atoms with Crippen molar-refractivity contribution in [3.63, 3.8) is 0 Å². The first-order chi connectivity index (χ1) is 8.42. The molecule has 0 aliphatic heterocycles. The molecular weight excluding hydrogens is 278 g/mol. The van der Waals surface area contributed by atoms with Crippen molar-refractivity contribution in [2.24, 2.45) is 0 Å². The lowest BCUT2D eigenvalue weighted by Gasteiger charge is -2.08. The molecule has 0 amide bonds. The highest BCUT2D eigenvalue weighted by Crippen LogP contribution is 2.07. The summed E-state index contributed by atoms with van der Waals surface area (Å²) in [5.41, 5.74) is 0. The number of sulfonamides is 1. The van der Waals surface area contributed by atoms with Crippen LogP contribution in [0, 0.1) is 0 Å². The van der Waals surface area contributed by atoms with Gasteiger partial charge in [-0.2, -0.15) is 0 Å². The molecule has 6 nitrogen and oxygen atoms in total. The van der Waals surface area contributed by atoms with Gasteiger partial charge >= 0.3 is 0 Å². The zero-order chi connectivity index (χ0) is 13.6. The molecular formula is C10H16ClN3O3S. The van der Waals surface area contributed by atoms with E-state index in [9.17, 15) is 8.42 Å². The second-order valence-electron chi connectivity index (χ2n) is 3.86. The monoisotopic (exact) mass is 293 g/mol. The molecule has 0 atom stereocenters. The van der Waals surface area contributed by atoms with Crippen molar-refractivity contribution in [2.75, 3.05) is 13.2 Å². The van der Waals surface area contributed by atoms with E-state index in [-0.39, 0.29) is 16.3 Å². The first kappa shape index (κ1) is 15.3. The molecule has 0 radical (unpaired) electrons. The minimum atomic E-state index is -3.57. The van der Waals surface area contributed by atoms with Crippen LogP contribution >= 0.6 is 11.6 Å². The molecule has 1 aromatic heterocycles. The van der Waals surface area contributed by atoms with Crippen LogP contribution in [0.1, 0.15) is 20.3 Å². The van der Waals surface area contributed by atoms with Crippen LogP contribution in [0.2, 0.25) is 5.28 Å². The standard InChI is InChI=1S/C10H16ClN3O3S/c1-8(2)17-5-3-4-14-18(15,16)9-6-12-10(11)13-7-9/h6-8,14H,3-5H2,1-2H3. The topological polar surface area (TPSA) is 81.2 Å². The highest BCUT2D eigenvalue weighted by atomic mass is 35.5. The maximum atomic E-state index is 11.8. The number of hydrogen-bond acceptors (Lipinski definition) is 5. The number of halogens is 1. The predicted molar refractivity (Wildman–Crippen MR) is 67.9 cm³/mol. The Hall–Kier alpha value is -0.760. The summed E-state index contributed by atoms with van der Waals surface area (Å²) in [5, 5.41) is 0.0132. The van der Waals surface area contributed by atoms with E-state index < -0.39 is 10.0 Å². The molecule has 0 unspecified atom stereocenters. The van der Waals surface area contributed by atoms with Gasteiger partial charge in [0.05, 0.1) is 18.5 Å². The van der Waals surface area contributed by atoms with Crippen LogP contribution < -0.4 is 4.72 Å². The quantitative estimate of drug-likeness (QED) is 0.604. The highest BCUT2D eigenvalue weighted by Gasteiger charge is 2.14. The zero-order valence-electron chi connectivity index (χ0n) is 10.3. The van der Waals surface area contributed by atoms with Crippen molar-refractivity contribution in [3.05, 3.63) is 17.7 Å². The maximum absolute atomic E-state index is 11.8. The summed E-state index contributed by atoms with van der Waals surface area (Å²) < 4.78 is 31.3. The zero-order valence-corrected chi connectivity index (χ0v) is 11.8. The molecule has 0 bridgehead atoms. The van der Waals surface area contributed by atoms with Crippen LogP contribution in [0.5, 0.6) is 0 Å². The van der Waals surface area contributed by atoms with E-state index >= 15 is 0 Å². The van der Waals surface area contributed by atoms with E-state index in [2.05, 4.69) is 14.7 Å². The number of rotatable bonds is 7. The first-order valence-electron chi connectivity index (χ1n) is 5.50. The Balaban J connectivity index is 2.43. The summed E-state index contributed by atoms with van der Waals surface area (Å²) in [5.74, 6) is 0. The largest absolute Gasteiger partial charge is 0.379 e. The summed E-state index contributed by atoms with van der Waals surface area (Å²) in [4.78, 5) is 7.24. The Labute approximate surface area is 112 Å². The summed E-state index contributed by atoms with van der Waals surface area (Å²) in [6.07, 6.45) is 3.09. The van der Waals surface area contributed by atoms with Gasteiger partial charge < -0.3 is 4.74 Å². The maximum Gasteiger partial charge on any atom is 0.243 e. The van der Waals surface area contributed by atoms with Gasteiger partial charge in [0.15, 0.2) is 0 Å². The fourth-order valence-electron chi connectivity index (χ4n) is 1.12. The van der Waals surface area contributed by atoms with Gasteiger partial charge in [-0.3, -0.25) is 0 Å². The Morgan fingerprint density at radius 1 is 1.39 bits per heavy atom. The normalized spacial score (nSPS) is 12.0. The van der Waals surface area contributed by atoms with Crippen LogP contribution in [-0.2, 0) is 14.8 Å². The highest BCUT2D eigenvalue weighted by molar-refractivity contribution is 7.89. The Kier molecular flexibility index (Phi) is 5.94. The summed E-state index contributed by atoms with van der Waals surface area (Å²) >= 11 is 5.48. The van der Waals surface area contributed by atoms with Crippen molar-refractivity contribution in [2.45, 2.75) is 31.3 Å². The summed E-state index contributed by atoms with van der Waals surface area (Å²) in [7, 11) is -3.57. The van der Waals surface area contributed by atoms with Crippen LogP contribution in [-0.4, -0.2) is 37.6 Å². The molecule has 0 fully saturated rings. The fourth-order valence-corrected chi connectivity index (χ4v) is 2.18. The molecule has 1 rings (SSSR count). The van der Waals surface area contributed by atoms with E-state index in [4.69, 9.17) is 16.3 Å². The number of aromatic nitrogens is 2. The number of nitrogens with one attached hydrogen (secondary N) is 1. The molecule has 1 N–H and O–H groups in total. The smallest absolute Gasteiger partial charge is 0.243 e. The van der Waals surface area contributed by atoms with Crippen molar-refractivity contribution in [1.82, 2.24) is 14.7 Å². The molecule has 0 aliphatic carbocycles. The van der Waals surface area contributed by atoms with E-state index in [1.807, 2.05) is 13.8 Å². The van der Waals surface area contributed by atoms with E-state index in [1.54, 1.807) is 0 Å². The number of hydrogen-bond donors (Lipinski definition) is 1. The second-order valence-corrected chi connectivity index (χ2v) is 5.96. The molecule has 18 heavy (non-hydrogen) atoms. The van der Waals surface area contributed by atoms with Crippen LogP contribution in [0.3, 0.4) is 0 Å². The van der Waals surface area contributed by atoms with Crippen molar-refractivity contribution < 1.29 is 13.2 Å². The van der Waals surface area contributed by atoms with Gasteiger partial charge in [0.25, 0.3) is 0 Å². The van der Waals surface area contributed by atoms with Gasteiger partial charge in [-0.05, 0) is 31.9 Å². The minimum Gasteiger partial charge on any atom is -0.379 e. The Morgan fingerprint density at radius 3 is 2.56 bits per heavy atom. The summed E-state index contributed by atoms with van der Waals surface area (Å²) in [6.45, 7) is 4.67. The third-order valence-electron chi connectivity index (χ3n) is 1.97. The predicted octanol–water partition coefficient (Wildman–Crippen LogP) is 1.22. The second kappa shape index (κ2) is 6.98. The van der Waals surface area contributed by atoms with Crippen LogP contribution in [0.15, 0.2) is 17.3 Å². The van der Waals surface area contributed by atoms with Crippen molar-refractivity contribution in [3.8, 4) is 0 Å². The van der Waals surface area contributed by atoms with Gasteiger partial charge in [-0.15, -0.1) is 0 Å². The minimum absolute atomic E-state index is 0.00308. The number of ether oxygens (including phenoxy) is 1. The lowest BCUT2D eigenvalue weighted by atomic mass is 10.4. The van der Waals surface area contributed by atoms with Gasteiger partial charge in [0, 0.05) is 13.2 Å². The SMILES string of the molecule is CC(C)OCCCNS(=O)(=O)c1cnc(Cl)nc1. The molecule has 0 aliphatic rings. The Morgan fingerprint density at radius 2 is 2.00 bits per heavy atom. The molecule has 8 heteroatoms. The van der Waals surface area contributed by atoms with Gasteiger partial charge in [-0.1, -0.05) is 0 Å². The van der Waals surface area contributed by atoms with Crippen LogP contribution in [0.4, 0.5) is 0 Å². The van der Waals surface area contributed by atoms with Gasteiger partial charge in [0.1, 0.15) is 4.90 Å². The van der Waals surface area contributed by atoms with Gasteiger partial charge in [0.2, 0.25) is 15.3 Å². The lowest BCUT2D eigenvalue weighted by molar-refractivity contribution is 0.0778. The third kappa shape index (κ3) is 5.26. The molecule has 0 saturated heterocycles.